The fourth-order valence-electron chi connectivity index (χ4n) is 2.11. The van der Waals surface area contributed by atoms with Crippen LogP contribution >= 0.6 is 0 Å². The fourth-order valence-corrected chi connectivity index (χ4v) is 2.11. The van der Waals surface area contributed by atoms with Crippen molar-refractivity contribution >= 4 is 11.0 Å². The molecule has 0 saturated heterocycles. The Morgan fingerprint density at radius 3 is 2.83 bits per heavy atom. The molecular weight excluding hydrogens is 224 g/mol. The van der Waals surface area contributed by atoms with Crippen LogP contribution < -0.4 is 5.73 Å². The number of nitrogens with zero attached hydrogens (tertiary/aromatic N) is 1. The first-order chi connectivity index (χ1) is 8.78. The van der Waals surface area contributed by atoms with E-state index < -0.39 is 0 Å². The van der Waals surface area contributed by atoms with E-state index in [0.717, 1.165) is 27.8 Å². The maximum Gasteiger partial charge on any atom is 0.167 e. The van der Waals surface area contributed by atoms with Gasteiger partial charge >= 0.3 is 0 Å². The quantitative estimate of drug-likeness (QED) is 0.745. The van der Waals surface area contributed by atoms with E-state index in [1.807, 2.05) is 30.3 Å². The fraction of sp³-hybridized carbons (Fsp3) is 0.133. The van der Waals surface area contributed by atoms with Gasteiger partial charge < -0.3 is 10.3 Å². The standard InChI is InChI=1S/C15H14N2O/c1-10-3-2-4-12(7-10)15-13-6-5-11(9-16)8-14(13)18-17-15/h2-8H,9,16H2,1H3. The van der Waals surface area contributed by atoms with Crippen molar-refractivity contribution in [3.63, 3.8) is 0 Å². The van der Waals surface area contributed by atoms with Crippen molar-refractivity contribution < 1.29 is 4.52 Å². The van der Waals surface area contributed by atoms with Crippen molar-refractivity contribution in [1.29, 1.82) is 0 Å². The molecule has 2 aromatic carbocycles. The summed E-state index contributed by atoms with van der Waals surface area (Å²) in [5.41, 5.74) is 10.6. The van der Waals surface area contributed by atoms with Gasteiger partial charge in [-0.2, -0.15) is 0 Å². The minimum Gasteiger partial charge on any atom is -0.356 e. The average molecular weight is 238 g/mol. The monoisotopic (exact) mass is 238 g/mol. The molecule has 0 aliphatic carbocycles. The highest BCUT2D eigenvalue weighted by molar-refractivity contribution is 5.91. The molecule has 1 aromatic heterocycles. The van der Waals surface area contributed by atoms with Crippen molar-refractivity contribution in [1.82, 2.24) is 5.16 Å². The molecule has 0 fully saturated rings. The lowest BCUT2D eigenvalue weighted by atomic mass is 10.0. The van der Waals surface area contributed by atoms with Crippen LogP contribution in [0.4, 0.5) is 0 Å². The van der Waals surface area contributed by atoms with Gasteiger partial charge in [0.25, 0.3) is 0 Å². The molecule has 0 aliphatic rings. The topological polar surface area (TPSA) is 52.0 Å². The smallest absolute Gasteiger partial charge is 0.167 e. The van der Waals surface area contributed by atoms with Gasteiger partial charge in [0.1, 0.15) is 5.69 Å². The molecule has 0 bridgehead atoms. The second-order valence-corrected chi connectivity index (χ2v) is 4.44. The number of aryl methyl sites for hydroxylation is 1. The highest BCUT2D eigenvalue weighted by Crippen LogP contribution is 2.28. The van der Waals surface area contributed by atoms with E-state index in [-0.39, 0.29) is 0 Å². The summed E-state index contributed by atoms with van der Waals surface area (Å²) in [6.07, 6.45) is 0. The predicted octanol–water partition coefficient (Wildman–Crippen LogP) is 3.26. The number of nitrogens with two attached hydrogens (primary N) is 1. The Morgan fingerprint density at radius 1 is 1.17 bits per heavy atom. The van der Waals surface area contributed by atoms with Crippen molar-refractivity contribution in [2.45, 2.75) is 13.5 Å². The lowest BCUT2D eigenvalue weighted by Gasteiger charge is -1.99. The Bertz CT molecular complexity index is 701. The van der Waals surface area contributed by atoms with Crippen LogP contribution in [-0.2, 0) is 6.54 Å². The average Bonchev–Trinajstić information content (AvgIpc) is 2.81. The van der Waals surface area contributed by atoms with Crippen molar-refractivity contribution in [2.24, 2.45) is 5.73 Å². The molecule has 3 heteroatoms. The molecule has 3 aromatic rings. The summed E-state index contributed by atoms with van der Waals surface area (Å²) in [7, 11) is 0. The summed E-state index contributed by atoms with van der Waals surface area (Å²) in [4.78, 5) is 0. The highest BCUT2D eigenvalue weighted by atomic mass is 16.5. The van der Waals surface area contributed by atoms with Gasteiger partial charge in [-0.1, -0.05) is 35.0 Å². The Morgan fingerprint density at radius 2 is 2.06 bits per heavy atom. The minimum atomic E-state index is 0.510. The van der Waals surface area contributed by atoms with Crippen LogP contribution in [0.3, 0.4) is 0 Å². The first kappa shape index (κ1) is 11.0. The van der Waals surface area contributed by atoms with Crippen molar-refractivity contribution in [3.05, 3.63) is 53.6 Å². The second kappa shape index (κ2) is 4.27. The third kappa shape index (κ3) is 1.79. The molecule has 3 rings (SSSR count). The zero-order valence-corrected chi connectivity index (χ0v) is 10.2. The van der Waals surface area contributed by atoms with Gasteiger partial charge in [0.05, 0.1) is 0 Å². The third-order valence-electron chi connectivity index (χ3n) is 3.06. The summed E-state index contributed by atoms with van der Waals surface area (Å²) >= 11 is 0. The molecule has 1 heterocycles. The SMILES string of the molecule is Cc1cccc(-c2noc3cc(CN)ccc23)c1. The van der Waals surface area contributed by atoms with Gasteiger partial charge in [-0.05, 0) is 30.7 Å². The molecular formula is C15H14N2O. The Labute approximate surface area is 105 Å². The third-order valence-corrected chi connectivity index (χ3v) is 3.06. The number of rotatable bonds is 2. The normalized spacial score (nSPS) is 11.0. The molecule has 0 saturated carbocycles. The Hall–Kier alpha value is -2.13. The number of benzene rings is 2. The summed E-state index contributed by atoms with van der Waals surface area (Å²) < 4.78 is 5.38. The van der Waals surface area contributed by atoms with Crippen molar-refractivity contribution in [3.8, 4) is 11.3 Å². The lowest BCUT2D eigenvalue weighted by molar-refractivity contribution is 0.459. The molecule has 3 nitrogen and oxygen atoms in total. The molecule has 0 spiro atoms. The first-order valence-corrected chi connectivity index (χ1v) is 5.93. The molecule has 0 amide bonds. The second-order valence-electron chi connectivity index (χ2n) is 4.44. The van der Waals surface area contributed by atoms with E-state index in [1.165, 1.54) is 5.56 Å². The number of hydrogen-bond acceptors (Lipinski definition) is 3. The maximum atomic E-state index is 5.62. The van der Waals surface area contributed by atoms with Crippen LogP contribution in [0.5, 0.6) is 0 Å². The largest absolute Gasteiger partial charge is 0.356 e. The Kier molecular flexibility index (Phi) is 2.61. The van der Waals surface area contributed by atoms with Crippen LogP contribution in [-0.4, -0.2) is 5.16 Å². The summed E-state index contributed by atoms with van der Waals surface area (Å²) in [6, 6.07) is 14.2. The summed E-state index contributed by atoms with van der Waals surface area (Å²) in [5.74, 6) is 0. The molecule has 0 radical (unpaired) electrons. The molecule has 0 atom stereocenters. The van der Waals surface area contributed by atoms with Crippen LogP contribution in [0.1, 0.15) is 11.1 Å². The van der Waals surface area contributed by atoms with Crippen LogP contribution in [0.25, 0.3) is 22.2 Å². The maximum absolute atomic E-state index is 5.62. The Balaban J connectivity index is 2.18. The van der Waals surface area contributed by atoms with Gasteiger partial charge in [0.15, 0.2) is 5.58 Å². The highest BCUT2D eigenvalue weighted by Gasteiger charge is 2.10. The van der Waals surface area contributed by atoms with Crippen LogP contribution in [0.15, 0.2) is 47.0 Å². The number of aromatic nitrogens is 1. The predicted molar refractivity (Wildman–Crippen MR) is 72.1 cm³/mol. The van der Waals surface area contributed by atoms with E-state index in [2.05, 4.69) is 24.2 Å². The minimum absolute atomic E-state index is 0.510. The number of fused-ring (bicyclic) bond motifs is 1. The molecule has 90 valence electrons. The first-order valence-electron chi connectivity index (χ1n) is 5.93. The van der Waals surface area contributed by atoms with Gasteiger partial charge in [-0.25, -0.2) is 0 Å². The zero-order valence-electron chi connectivity index (χ0n) is 10.2. The van der Waals surface area contributed by atoms with Gasteiger partial charge in [-0.15, -0.1) is 0 Å². The van der Waals surface area contributed by atoms with Gasteiger partial charge in [0.2, 0.25) is 0 Å². The molecule has 18 heavy (non-hydrogen) atoms. The van der Waals surface area contributed by atoms with Gasteiger partial charge in [-0.3, -0.25) is 0 Å². The van der Waals surface area contributed by atoms with E-state index in [4.69, 9.17) is 10.3 Å². The van der Waals surface area contributed by atoms with Crippen LogP contribution in [0, 0.1) is 6.92 Å². The van der Waals surface area contributed by atoms with Crippen LogP contribution in [0.2, 0.25) is 0 Å². The lowest BCUT2D eigenvalue weighted by Crippen LogP contribution is -1.94. The van der Waals surface area contributed by atoms with E-state index in [0.29, 0.717) is 6.54 Å². The van der Waals surface area contributed by atoms with Crippen molar-refractivity contribution in [2.75, 3.05) is 0 Å². The molecule has 2 N–H and O–H groups in total. The van der Waals surface area contributed by atoms with E-state index in [1.54, 1.807) is 0 Å². The van der Waals surface area contributed by atoms with E-state index in [9.17, 15) is 0 Å². The molecule has 0 unspecified atom stereocenters. The van der Waals surface area contributed by atoms with Gasteiger partial charge in [0, 0.05) is 17.5 Å². The number of hydrogen-bond donors (Lipinski definition) is 1. The zero-order chi connectivity index (χ0) is 12.5. The van der Waals surface area contributed by atoms with E-state index >= 15 is 0 Å². The molecule has 0 aliphatic heterocycles. The summed E-state index contributed by atoms with van der Waals surface area (Å²) in [6.45, 7) is 2.58. The summed E-state index contributed by atoms with van der Waals surface area (Å²) in [5, 5.41) is 5.19.